The molecular weight excluding hydrogens is 272 g/mol. The minimum Gasteiger partial charge on any atom is -0.392 e. The maximum absolute atomic E-state index is 10.4. The Bertz CT molecular complexity index is 314. The summed E-state index contributed by atoms with van der Waals surface area (Å²) in [4.78, 5) is 0. The van der Waals surface area contributed by atoms with Crippen molar-refractivity contribution in [3.63, 3.8) is 0 Å². The summed E-state index contributed by atoms with van der Waals surface area (Å²) < 4.78 is 0. The molecule has 0 heterocycles. The fourth-order valence-electron chi connectivity index (χ4n) is 3.16. The van der Waals surface area contributed by atoms with Gasteiger partial charge in [-0.3, -0.25) is 0 Å². The summed E-state index contributed by atoms with van der Waals surface area (Å²) in [5.41, 5.74) is -0.113. The minimum atomic E-state index is -0.465. The van der Waals surface area contributed by atoms with Crippen LogP contribution in [0.2, 0.25) is 0 Å². The Labute approximate surface area is 129 Å². The normalized spacial score (nSPS) is 33.0. The predicted molar refractivity (Wildman–Crippen MR) is 86.0 cm³/mol. The zero-order valence-corrected chi connectivity index (χ0v) is 14.1. The van der Waals surface area contributed by atoms with Crippen molar-refractivity contribution in [1.29, 1.82) is 0 Å². The molecule has 0 bridgehead atoms. The highest BCUT2D eigenvalue weighted by Crippen LogP contribution is 2.39. The van der Waals surface area contributed by atoms with Gasteiger partial charge in [-0.25, -0.2) is 0 Å². The van der Waals surface area contributed by atoms with E-state index >= 15 is 0 Å². The summed E-state index contributed by atoms with van der Waals surface area (Å²) in [5.74, 6) is 0.396. The lowest BCUT2D eigenvalue weighted by Gasteiger charge is -2.29. The Kier molecular flexibility index (Phi) is 7.03. The van der Waals surface area contributed by atoms with Crippen molar-refractivity contribution < 1.29 is 10.2 Å². The monoisotopic (exact) mass is 302 g/mol. The Balaban J connectivity index is 2.66. The van der Waals surface area contributed by atoms with Crippen LogP contribution < -0.4 is 0 Å². The molecule has 2 N–H and O–H groups in total. The van der Waals surface area contributed by atoms with Gasteiger partial charge in [0.1, 0.15) is 0 Å². The average Bonchev–Trinajstić information content (AvgIpc) is 2.67. The lowest BCUT2D eigenvalue weighted by molar-refractivity contribution is 0.0797. The average molecular weight is 303 g/mol. The number of rotatable bonds is 7. The van der Waals surface area contributed by atoms with E-state index in [0.717, 1.165) is 25.7 Å². The van der Waals surface area contributed by atoms with Gasteiger partial charge in [0, 0.05) is 11.3 Å². The first-order chi connectivity index (χ1) is 9.33. The number of unbranched alkanes of at least 4 members (excludes halogenated alkanes) is 1. The first-order valence-electron chi connectivity index (χ1n) is 8.02. The van der Waals surface area contributed by atoms with E-state index in [4.69, 9.17) is 11.6 Å². The van der Waals surface area contributed by atoms with Crippen molar-refractivity contribution in [3.05, 3.63) is 12.2 Å². The van der Waals surface area contributed by atoms with Crippen molar-refractivity contribution in [2.24, 2.45) is 17.3 Å². The van der Waals surface area contributed by atoms with E-state index in [1.807, 2.05) is 12.2 Å². The zero-order valence-electron chi connectivity index (χ0n) is 13.3. The number of aliphatic hydroxyl groups is 2. The second-order valence-electron chi connectivity index (χ2n) is 6.89. The van der Waals surface area contributed by atoms with Crippen molar-refractivity contribution in [1.82, 2.24) is 0 Å². The van der Waals surface area contributed by atoms with Crippen LogP contribution in [0.15, 0.2) is 12.2 Å². The van der Waals surface area contributed by atoms with E-state index in [1.165, 1.54) is 0 Å². The van der Waals surface area contributed by atoms with Crippen LogP contribution in [-0.4, -0.2) is 27.8 Å². The smallest absolute Gasteiger partial charge is 0.0771 e. The molecule has 0 radical (unpaired) electrons. The molecule has 3 heteroatoms. The fourth-order valence-corrected chi connectivity index (χ4v) is 3.69. The molecule has 0 aromatic heterocycles. The predicted octanol–water partition coefficient (Wildman–Crippen LogP) is 4.13. The van der Waals surface area contributed by atoms with Gasteiger partial charge in [-0.15, -0.1) is 11.6 Å². The molecule has 1 aliphatic carbocycles. The van der Waals surface area contributed by atoms with E-state index in [9.17, 15) is 10.2 Å². The van der Waals surface area contributed by atoms with Gasteiger partial charge in [0.2, 0.25) is 0 Å². The van der Waals surface area contributed by atoms with Crippen molar-refractivity contribution in [2.45, 2.75) is 77.4 Å². The quantitative estimate of drug-likeness (QED) is 0.548. The van der Waals surface area contributed by atoms with Crippen LogP contribution in [-0.2, 0) is 0 Å². The largest absolute Gasteiger partial charge is 0.392 e. The van der Waals surface area contributed by atoms with Crippen molar-refractivity contribution >= 4 is 11.6 Å². The van der Waals surface area contributed by atoms with Crippen LogP contribution in [0.25, 0.3) is 0 Å². The molecule has 2 nitrogen and oxygen atoms in total. The zero-order chi connectivity index (χ0) is 15.3. The van der Waals surface area contributed by atoms with Crippen LogP contribution in [0.5, 0.6) is 0 Å². The van der Waals surface area contributed by atoms with Gasteiger partial charge in [0.15, 0.2) is 0 Å². The van der Waals surface area contributed by atoms with Crippen molar-refractivity contribution in [3.8, 4) is 0 Å². The summed E-state index contributed by atoms with van der Waals surface area (Å²) >= 11 is 6.29. The number of halogens is 1. The second-order valence-corrected chi connectivity index (χ2v) is 7.45. The molecule has 0 aliphatic heterocycles. The third-order valence-corrected chi connectivity index (χ3v) is 5.33. The van der Waals surface area contributed by atoms with Gasteiger partial charge in [-0.1, -0.05) is 59.1 Å². The molecule has 1 aliphatic rings. The summed E-state index contributed by atoms with van der Waals surface area (Å²) in [7, 11) is 0. The summed E-state index contributed by atoms with van der Waals surface area (Å²) in [5, 5.41) is 20.5. The van der Waals surface area contributed by atoms with E-state index in [0.29, 0.717) is 12.3 Å². The van der Waals surface area contributed by atoms with E-state index < -0.39 is 6.10 Å². The number of hydrogen-bond acceptors (Lipinski definition) is 2. The third kappa shape index (κ3) is 4.47. The summed E-state index contributed by atoms with van der Waals surface area (Å²) in [6.07, 6.45) is 7.95. The Morgan fingerprint density at radius 3 is 2.55 bits per heavy atom. The lowest BCUT2D eigenvalue weighted by atomic mass is 9.80. The minimum absolute atomic E-state index is 0.0508. The Morgan fingerprint density at radius 1 is 1.35 bits per heavy atom. The topological polar surface area (TPSA) is 40.5 Å². The molecular formula is C17H31ClO2. The molecule has 0 amide bonds. The van der Waals surface area contributed by atoms with E-state index in [2.05, 4.69) is 27.7 Å². The molecule has 0 aromatic carbocycles. The Morgan fingerprint density at radius 2 is 2.00 bits per heavy atom. The number of aliphatic hydroxyl groups excluding tert-OH is 2. The van der Waals surface area contributed by atoms with Gasteiger partial charge >= 0.3 is 0 Å². The number of alkyl halides is 1. The van der Waals surface area contributed by atoms with E-state index in [1.54, 1.807) is 0 Å². The second kappa shape index (κ2) is 7.82. The van der Waals surface area contributed by atoms with Gasteiger partial charge in [0.05, 0.1) is 12.2 Å². The lowest BCUT2D eigenvalue weighted by Crippen LogP contribution is -2.28. The Hall–Kier alpha value is -0.0500. The molecule has 20 heavy (non-hydrogen) atoms. The van der Waals surface area contributed by atoms with Crippen molar-refractivity contribution in [2.75, 3.05) is 0 Å². The third-order valence-electron chi connectivity index (χ3n) is 4.83. The van der Waals surface area contributed by atoms with Crippen LogP contribution in [0.1, 0.15) is 59.8 Å². The maximum Gasteiger partial charge on any atom is 0.0771 e. The maximum atomic E-state index is 10.4. The van der Waals surface area contributed by atoms with Crippen LogP contribution in [0.4, 0.5) is 0 Å². The van der Waals surface area contributed by atoms with E-state index in [-0.39, 0.29) is 22.8 Å². The molecule has 5 unspecified atom stereocenters. The molecule has 1 rings (SSSR count). The van der Waals surface area contributed by atoms with Crippen LogP contribution >= 0.6 is 11.6 Å². The SMILES string of the molecule is CCCCC(C)(C)C(O)C=CC1C(O)CC(Cl)C1CC. The highest BCUT2D eigenvalue weighted by molar-refractivity contribution is 6.21. The van der Waals surface area contributed by atoms with Crippen LogP contribution in [0.3, 0.4) is 0 Å². The van der Waals surface area contributed by atoms with Crippen LogP contribution in [0, 0.1) is 17.3 Å². The first-order valence-corrected chi connectivity index (χ1v) is 8.45. The molecule has 0 spiro atoms. The summed E-state index contributed by atoms with van der Waals surface area (Å²) in [6.45, 7) is 8.48. The highest BCUT2D eigenvalue weighted by atomic mass is 35.5. The number of hydrogen-bond donors (Lipinski definition) is 2. The first kappa shape index (κ1) is 18.0. The van der Waals surface area contributed by atoms with Gasteiger partial charge in [-0.05, 0) is 24.2 Å². The van der Waals surface area contributed by atoms with Gasteiger partial charge < -0.3 is 10.2 Å². The summed E-state index contributed by atoms with van der Waals surface area (Å²) in [6, 6.07) is 0. The molecule has 5 atom stereocenters. The van der Waals surface area contributed by atoms with Gasteiger partial charge in [0.25, 0.3) is 0 Å². The molecule has 0 saturated heterocycles. The molecule has 118 valence electrons. The van der Waals surface area contributed by atoms with Gasteiger partial charge in [-0.2, -0.15) is 0 Å². The molecule has 1 saturated carbocycles. The molecule has 0 aromatic rings. The standard InChI is InChI=1S/C17H31ClO2/c1-5-7-10-17(3,4)16(20)9-8-13-12(6-2)14(18)11-15(13)19/h8-9,12-16,19-20H,5-7,10-11H2,1-4H3. The highest BCUT2D eigenvalue weighted by Gasteiger charge is 2.39. The molecule has 1 fully saturated rings. The fraction of sp³-hybridized carbons (Fsp3) is 0.882.